The monoisotopic (exact) mass is 314 g/mol. The minimum absolute atomic E-state index is 0. The predicted molar refractivity (Wildman–Crippen MR) is 91.1 cm³/mol. The van der Waals surface area contributed by atoms with Crippen molar-refractivity contribution in [2.75, 3.05) is 23.3 Å². The maximum Gasteiger partial charge on any atom is 0.241 e. The fourth-order valence-corrected chi connectivity index (χ4v) is 1.93. The Labute approximate surface area is 133 Å². The Bertz CT molecular complexity index is 420. The topological polar surface area (TPSA) is 71.2 Å². The van der Waals surface area contributed by atoms with E-state index in [-0.39, 0.29) is 24.2 Å². The Balaban J connectivity index is 0.00000400. The number of hydrogen-bond donors (Lipinski definition) is 2. The van der Waals surface area contributed by atoms with Gasteiger partial charge in [0.15, 0.2) is 0 Å². The standard InChI is InChI=1S/C15H26N4O.ClH/c1-5-11(4)14(16)15(20)18-12-8-9-13(17-10-12)19(6-2)7-3;/h8-11,14H,5-7,16H2,1-4H3,(H,18,20);1H. The van der Waals surface area contributed by atoms with E-state index in [1.807, 2.05) is 26.0 Å². The van der Waals surface area contributed by atoms with Crippen LogP contribution in [-0.2, 0) is 4.79 Å². The quantitative estimate of drug-likeness (QED) is 0.811. The molecule has 0 saturated carbocycles. The molecule has 0 radical (unpaired) electrons. The molecule has 1 amide bonds. The number of carbonyl (C=O) groups excluding carboxylic acids is 1. The molecule has 1 aromatic heterocycles. The third-order valence-electron chi connectivity index (χ3n) is 3.66. The third-order valence-corrected chi connectivity index (χ3v) is 3.66. The zero-order valence-electron chi connectivity index (χ0n) is 13.3. The maximum atomic E-state index is 12.0. The van der Waals surface area contributed by atoms with E-state index < -0.39 is 6.04 Å². The lowest BCUT2D eigenvalue weighted by Crippen LogP contribution is -2.40. The summed E-state index contributed by atoms with van der Waals surface area (Å²) in [5.74, 6) is 0.925. The number of halogens is 1. The van der Waals surface area contributed by atoms with Gasteiger partial charge in [-0.1, -0.05) is 20.3 Å². The van der Waals surface area contributed by atoms with Crippen molar-refractivity contribution in [1.82, 2.24) is 4.98 Å². The average Bonchev–Trinajstić information content (AvgIpc) is 2.48. The molecular formula is C15H27ClN4O. The summed E-state index contributed by atoms with van der Waals surface area (Å²) in [6.07, 6.45) is 2.56. The highest BCUT2D eigenvalue weighted by atomic mass is 35.5. The van der Waals surface area contributed by atoms with Gasteiger partial charge in [-0.2, -0.15) is 0 Å². The van der Waals surface area contributed by atoms with Gasteiger partial charge in [-0.3, -0.25) is 4.79 Å². The van der Waals surface area contributed by atoms with Crippen LogP contribution in [0.4, 0.5) is 11.5 Å². The van der Waals surface area contributed by atoms with Gasteiger partial charge >= 0.3 is 0 Å². The van der Waals surface area contributed by atoms with E-state index in [9.17, 15) is 4.79 Å². The van der Waals surface area contributed by atoms with E-state index in [1.165, 1.54) is 0 Å². The van der Waals surface area contributed by atoms with Crippen molar-refractivity contribution in [3.8, 4) is 0 Å². The molecule has 1 heterocycles. The molecule has 120 valence electrons. The minimum Gasteiger partial charge on any atom is -0.357 e. The number of amides is 1. The molecule has 1 aromatic rings. The van der Waals surface area contributed by atoms with Crippen LogP contribution in [0.2, 0.25) is 0 Å². The number of hydrogen-bond acceptors (Lipinski definition) is 4. The summed E-state index contributed by atoms with van der Waals surface area (Å²) in [5.41, 5.74) is 6.58. The minimum atomic E-state index is -0.484. The summed E-state index contributed by atoms with van der Waals surface area (Å²) in [5, 5.41) is 2.81. The smallest absolute Gasteiger partial charge is 0.241 e. The lowest BCUT2D eigenvalue weighted by molar-refractivity contribution is -0.118. The molecule has 3 N–H and O–H groups in total. The van der Waals surface area contributed by atoms with Crippen LogP contribution in [0.3, 0.4) is 0 Å². The Kier molecular flexibility index (Phi) is 8.97. The number of nitrogens with two attached hydrogens (primary N) is 1. The highest BCUT2D eigenvalue weighted by Crippen LogP contribution is 2.15. The molecule has 2 unspecified atom stereocenters. The summed E-state index contributed by atoms with van der Waals surface area (Å²) in [7, 11) is 0. The Morgan fingerprint density at radius 1 is 1.33 bits per heavy atom. The molecule has 0 fully saturated rings. The molecule has 0 spiro atoms. The zero-order chi connectivity index (χ0) is 15.1. The fourth-order valence-electron chi connectivity index (χ4n) is 1.93. The predicted octanol–water partition coefficient (Wildman–Crippen LogP) is 2.66. The number of pyridine rings is 1. The van der Waals surface area contributed by atoms with Crippen LogP contribution in [0.25, 0.3) is 0 Å². The normalized spacial score (nSPS) is 13.0. The Morgan fingerprint density at radius 3 is 2.38 bits per heavy atom. The number of nitrogens with one attached hydrogen (secondary N) is 1. The van der Waals surface area contributed by atoms with Gasteiger partial charge in [-0.05, 0) is 31.9 Å². The molecule has 0 aliphatic heterocycles. The van der Waals surface area contributed by atoms with Gasteiger partial charge in [0, 0.05) is 13.1 Å². The highest BCUT2D eigenvalue weighted by Gasteiger charge is 2.19. The second-order valence-corrected chi connectivity index (χ2v) is 4.98. The van der Waals surface area contributed by atoms with E-state index in [2.05, 4.69) is 29.0 Å². The zero-order valence-corrected chi connectivity index (χ0v) is 14.1. The Morgan fingerprint density at radius 2 is 1.95 bits per heavy atom. The van der Waals surface area contributed by atoms with Gasteiger partial charge in [0.05, 0.1) is 17.9 Å². The largest absolute Gasteiger partial charge is 0.357 e. The van der Waals surface area contributed by atoms with Crippen LogP contribution in [-0.4, -0.2) is 30.0 Å². The first-order valence-electron chi connectivity index (χ1n) is 7.30. The van der Waals surface area contributed by atoms with Crippen molar-refractivity contribution < 1.29 is 4.79 Å². The summed E-state index contributed by atoms with van der Waals surface area (Å²) in [4.78, 5) is 18.5. The van der Waals surface area contributed by atoms with Crippen molar-refractivity contribution in [3.63, 3.8) is 0 Å². The van der Waals surface area contributed by atoms with Gasteiger partial charge < -0.3 is 16.0 Å². The van der Waals surface area contributed by atoms with Crippen molar-refractivity contribution in [2.45, 2.75) is 40.2 Å². The lowest BCUT2D eigenvalue weighted by atomic mass is 9.99. The van der Waals surface area contributed by atoms with E-state index in [0.717, 1.165) is 25.3 Å². The first-order chi connectivity index (χ1) is 9.53. The van der Waals surface area contributed by atoms with Gasteiger partial charge in [0.25, 0.3) is 0 Å². The van der Waals surface area contributed by atoms with E-state index >= 15 is 0 Å². The second-order valence-electron chi connectivity index (χ2n) is 4.98. The molecule has 5 nitrogen and oxygen atoms in total. The first kappa shape index (κ1) is 19.7. The number of anilines is 2. The Hall–Kier alpha value is -1.33. The van der Waals surface area contributed by atoms with Crippen LogP contribution in [0.15, 0.2) is 18.3 Å². The van der Waals surface area contributed by atoms with E-state index in [1.54, 1.807) is 6.20 Å². The summed E-state index contributed by atoms with van der Waals surface area (Å²) >= 11 is 0. The van der Waals surface area contributed by atoms with Crippen LogP contribution in [0.5, 0.6) is 0 Å². The first-order valence-corrected chi connectivity index (χ1v) is 7.30. The molecular weight excluding hydrogens is 288 g/mol. The molecule has 1 rings (SSSR count). The SMILES string of the molecule is CCC(C)C(N)C(=O)Nc1ccc(N(CC)CC)nc1.Cl. The summed E-state index contributed by atoms with van der Waals surface area (Å²) in [6, 6.07) is 3.29. The number of carbonyl (C=O) groups is 1. The van der Waals surface area contributed by atoms with Crippen molar-refractivity contribution in [1.29, 1.82) is 0 Å². The molecule has 0 aromatic carbocycles. The van der Waals surface area contributed by atoms with Crippen LogP contribution in [0.1, 0.15) is 34.1 Å². The number of aromatic nitrogens is 1. The molecule has 0 saturated heterocycles. The third kappa shape index (κ3) is 5.52. The van der Waals surface area contributed by atoms with Gasteiger partial charge in [0.1, 0.15) is 5.82 Å². The lowest BCUT2D eigenvalue weighted by Gasteiger charge is -2.20. The van der Waals surface area contributed by atoms with E-state index in [0.29, 0.717) is 5.69 Å². The van der Waals surface area contributed by atoms with Crippen molar-refractivity contribution >= 4 is 29.8 Å². The van der Waals surface area contributed by atoms with E-state index in [4.69, 9.17) is 5.73 Å². The second kappa shape index (κ2) is 9.58. The highest BCUT2D eigenvalue weighted by molar-refractivity contribution is 5.94. The summed E-state index contributed by atoms with van der Waals surface area (Å²) in [6.45, 7) is 10.0. The van der Waals surface area contributed by atoms with Crippen LogP contribution < -0.4 is 16.0 Å². The summed E-state index contributed by atoms with van der Waals surface area (Å²) < 4.78 is 0. The molecule has 6 heteroatoms. The average molecular weight is 315 g/mol. The van der Waals surface area contributed by atoms with Crippen molar-refractivity contribution in [3.05, 3.63) is 18.3 Å². The van der Waals surface area contributed by atoms with Gasteiger partial charge in [0.2, 0.25) is 5.91 Å². The molecule has 21 heavy (non-hydrogen) atoms. The van der Waals surface area contributed by atoms with Crippen LogP contribution in [0, 0.1) is 5.92 Å². The molecule has 0 aliphatic carbocycles. The van der Waals surface area contributed by atoms with Gasteiger partial charge in [-0.25, -0.2) is 4.98 Å². The molecule has 0 aliphatic rings. The molecule has 0 bridgehead atoms. The van der Waals surface area contributed by atoms with Gasteiger partial charge in [-0.15, -0.1) is 12.4 Å². The van der Waals surface area contributed by atoms with Crippen molar-refractivity contribution in [2.24, 2.45) is 11.7 Å². The number of rotatable bonds is 7. The number of nitrogens with zero attached hydrogens (tertiary/aromatic N) is 2. The molecule has 2 atom stereocenters. The maximum absolute atomic E-state index is 12.0. The fraction of sp³-hybridized carbons (Fsp3) is 0.600. The van der Waals surface area contributed by atoms with Crippen LogP contribution >= 0.6 is 12.4 Å².